The van der Waals surface area contributed by atoms with Crippen molar-refractivity contribution >= 4 is 6.29 Å². The molecule has 0 radical (unpaired) electrons. The zero-order chi connectivity index (χ0) is 13.3. The van der Waals surface area contributed by atoms with Gasteiger partial charge >= 0.3 is 0 Å². The summed E-state index contributed by atoms with van der Waals surface area (Å²) in [6, 6.07) is 0. The Kier molecular flexibility index (Phi) is 16.0. The van der Waals surface area contributed by atoms with Crippen molar-refractivity contribution in [3.8, 4) is 0 Å². The van der Waals surface area contributed by atoms with Crippen molar-refractivity contribution in [3.63, 3.8) is 0 Å². The van der Waals surface area contributed by atoms with Gasteiger partial charge in [-0.15, -0.1) is 0 Å². The van der Waals surface area contributed by atoms with Gasteiger partial charge in [-0.25, -0.2) is 0 Å². The summed E-state index contributed by atoms with van der Waals surface area (Å²) in [5.41, 5.74) is 0. The minimum Gasteiger partial charge on any atom is -0.379 e. The van der Waals surface area contributed by atoms with Gasteiger partial charge in [0.15, 0.2) is 0 Å². The predicted molar refractivity (Wildman–Crippen MR) is 67.9 cm³/mol. The maximum absolute atomic E-state index is 9.98. The maximum Gasteiger partial charge on any atom is 0.122 e. The fourth-order valence-corrected chi connectivity index (χ4v) is 1.07. The molecule has 6 nitrogen and oxygen atoms in total. The third-order valence-corrected chi connectivity index (χ3v) is 1.99. The smallest absolute Gasteiger partial charge is 0.122 e. The molecular weight excluding hydrogens is 238 g/mol. The number of hydrogen-bond donors (Lipinski definition) is 1. The second kappa shape index (κ2) is 16.5. The van der Waals surface area contributed by atoms with Crippen LogP contribution < -0.4 is 5.32 Å². The zero-order valence-corrected chi connectivity index (χ0v) is 11.2. The Hall–Kier alpha value is -0.530. The summed E-state index contributed by atoms with van der Waals surface area (Å²) in [7, 11) is 1.89. The van der Waals surface area contributed by atoms with Crippen LogP contribution in [0.1, 0.15) is 6.42 Å². The molecule has 0 aliphatic heterocycles. The standard InChI is InChI=1S/C12H25NO5/c1-13-3-6-16-8-10-18-12-11-17-9-7-15-5-2-4-14/h4,13H,2-3,5-12H2,1H3. The Balaban J connectivity index is 2.88. The molecule has 0 amide bonds. The Labute approximate surface area is 109 Å². The van der Waals surface area contributed by atoms with E-state index in [9.17, 15) is 4.79 Å². The van der Waals surface area contributed by atoms with Crippen LogP contribution in [-0.4, -0.2) is 72.7 Å². The van der Waals surface area contributed by atoms with E-state index in [0.717, 1.165) is 12.8 Å². The third-order valence-electron chi connectivity index (χ3n) is 1.99. The molecule has 6 heteroatoms. The highest BCUT2D eigenvalue weighted by Crippen LogP contribution is 1.83. The van der Waals surface area contributed by atoms with Gasteiger partial charge in [-0.3, -0.25) is 0 Å². The van der Waals surface area contributed by atoms with Crippen molar-refractivity contribution in [1.82, 2.24) is 5.32 Å². The van der Waals surface area contributed by atoms with Gasteiger partial charge in [0, 0.05) is 13.0 Å². The highest BCUT2D eigenvalue weighted by atomic mass is 16.6. The topological polar surface area (TPSA) is 66.0 Å². The molecule has 0 unspecified atom stereocenters. The van der Waals surface area contributed by atoms with Crippen LogP contribution in [-0.2, 0) is 23.7 Å². The van der Waals surface area contributed by atoms with Crippen LogP contribution in [0.5, 0.6) is 0 Å². The molecule has 0 aromatic heterocycles. The Bertz CT molecular complexity index is 169. The molecule has 0 aromatic carbocycles. The first-order valence-electron chi connectivity index (χ1n) is 6.31. The molecule has 18 heavy (non-hydrogen) atoms. The first-order chi connectivity index (χ1) is 8.91. The molecule has 0 fully saturated rings. The molecule has 0 rings (SSSR count). The predicted octanol–water partition coefficient (Wildman–Crippen LogP) is -0.139. The van der Waals surface area contributed by atoms with Crippen molar-refractivity contribution < 1.29 is 23.7 Å². The molecule has 0 aliphatic rings. The fraction of sp³-hybridized carbons (Fsp3) is 0.917. The number of ether oxygens (including phenoxy) is 4. The number of carbonyl (C=O) groups excluding carboxylic acids is 1. The maximum atomic E-state index is 9.98. The summed E-state index contributed by atoms with van der Waals surface area (Å²) in [6.45, 7) is 5.37. The van der Waals surface area contributed by atoms with Crippen LogP contribution in [0.3, 0.4) is 0 Å². The highest BCUT2D eigenvalue weighted by molar-refractivity contribution is 5.49. The van der Waals surface area contributed by atoms with Gasteiger partial charge in [-0.2, -0.15) is 0 Å². The second-order valence-electron chi connectivity index (χ2n) is 3.51. The van der Waals surface area contributed by atoms with E-state index in [1.807, 2.05) is 7.05 Å². The van der Waals surface area contributed by atoms with Crippen LogP contribution in [0, 0.1) is 0 Å². The minimum absolute atomic E-state index is 0.441. The lowest BCUT2D eigenvalue weighted by molar-refractivity contribution is -0.108. The third kappa shape index (κ3) is 15.5. The SMILES string of the molecule is CNCCOCCOCCOCCOCCC=O. The lowest BCUT2D eigenvalue weighted by atomic mass is 10.5. The van der Waals surface area contributed by atoms with E-state index in [4.69, 9.17) is 18.9 Å². The summed E-state index contributed by atoms with van der Waals surface area (Å²) >= 11 is 0. The van der Waals surface area contributed by atoms with E-state index in [-0.39, 0.29) is 0 Å². The van der Waals surface area contributed by atoms with Crippen molar-refractivity contribution in [1.29, 1.82) is 0 Å². The number of hydrogen-bond acceptors (Lipinski definition) is 6. The molecule has 0 bridgehead atoms. The van der Waals surface area contributed by atoms with Gasteiger partial charge in [0.25, 0.3) is 0 Å². The molecule has 1 N–H and O–H groups in total. The quantitative estimate of drug-likeness (QED) is 0.328. The van der Waals surface area contributed by atoms with Crippen molar-refractivity contribution in [2.45, 2.75) is 6.42 Å². The monoisotopic (exact) mass is 263 g/mol. The first kappa shape index (κ1) is 17.5. The van der Waals surface area contributed by atoms with E-state index < -0.39 is 0 Å². The van der Waals surface area contributed by atoms with E-state index >= 15 is 0 Å². The lowest BCUT2D eigenvalue weighted by Gasteiger charge is -2.06. The lowest BCUT2D eigenvalue weighted by Crippen LogP contribution is -2.17. The largest absolute Gasteiger partial charge is 0.379 e. The Morgan fingerprint density at radius 3 is 1.67 bits per heavy atom. The average Bonchev–Trinajstić information content (AvgIpc) is 2.39. The number of carbonyl (C=O) groups is 1. The van der Waals surface area contributed by atoms with E-state index in [2.05, 4.69) is 5.32 Å². The fourth-order valence-electron chi connectivity index (χ4n) is 1.07. The van der Waals surface area contributed by atoms with Gasteiger partial charge < -0.3 is 29.1 Å². The zero-order valence-electron chi connectivity index (χ0n) is 11.2. The summed E-state index contributed by atoms with van der Waals surface area (Å²) in [5.74, 6) is 0. The van der Waals surface area contributed by atoms with E-state index in [1.54, 1.807) is 0 Å². The average molecular weight is 263 g/mol. The number of aldehydes is 1. The van der Waals surface area contributed by atoms with Crippen LogP contribution >= 0.6 is 0 Å². The van der Waals surface area contributed by atoms with Gasteiger partial charge in [-0.05, 0) is 7.05 Å². The molecule has 0 saturated heterocycles. The van der Waals surface area contributed by atoms with Crippen molar-refractivity contribution in [2.24, 2.45) is 0 Å². The van der Waals surface area contributed by atoms with Gasteiger partial charge in [-0.1, -0.05) is 0 Å². The molecular formula is C12H25NO5. The summed E-state index contributed by atoms with van der Waals surface area (Å²) in [6.07, 6.45) is 1.28. The second-order valence-corrected chi connectivity index (χ2v) is 3.51. The Morgan fingerprint density at radius 1 is 0.778 bits per heavy atom. The minimum atomic E-state index is 0.441. The number of likely N-dealkylation sites (N-methyl/N-ethyl adjacent to an activating group) is 1. The van der Waals surface area contributed by atoms with Crippen LogP contribution in [0.4, 0.5) is 0 Å². The summed E-state index contributed by atoms with van der Waals surface area (Å²) in [4.78, 5) is 9.98. The van der Waals surface area contributed by atoms with Crippen molar-refractivity contribution in [3.05, 3.63) is 0 Å². The number of nitrogens with one attached hydrogen (secondary N) is 1. The molecule has 0 heterocycles. The summed E-state index contributed by atoms with van der Waals surface area (Å²) in [5, 5.41) is 2.99. The van der Waals surface area contributed by atoms with Gasteiger partial charge in [0.05, 0.1) is 52.9 Å². The summed E-state index contributed by atoms with van der Waals surface area (Å²) < 4.78 is 21.0. The number of rotatable bonds is 15. The molecule has 108 valence electrons. The van der Waals surface area contributed by atoms with Gasteiger partial charge in [0.2, 0.25) is 0 Å². The molecule has 0 saturated carbocycles. The normalized spacial score (nSPS) is 10.7. The van der Waals surface area contributed by atoms with Crippen LogP contribution in [0.25, 0.3) is 0 Å². The van der Waals surface area contributed by atoms with Crippen molar-refractivity contribution in [2.75, 3.05) is 66.4 Å². The highest BCUT2D eigenvalue weighted by Gasteiger charge is 1.92. The molecule has 0 atom stereocenters. The van der Waals surface area contributed by atoms with Crippen LogP contribution in [0.2, 0.25) is 0 Å². The molecule has 0 aliphatic carbocycles. The van der Waals surface area contributed by atoms with Crippen LogP contribution in [0.15, 0.2) is 0 Å². The first-order valence-corrected chi connectivity index (χ1v) is 6.31. The van der Waals surface area contributed by atoms with E-state index in [1.165, 1.54) is 0 Å². The van der Waals surface area contributed by atoms with Gasteiger partial charge in [0.1, 0.15) is 6.29 Å². The molecule has 0 aromatic rings. The molecule has 0 spiro atoms. The Morgan fingerprint density at radius 2 is 1.22 bits per heavy atom. The van der Waals surface area contributed by atoms with E-state index in [0.29, 0.717) is 59.3 Å².